The second kappa shape index (κ2) is 4.06. The summed E-state index contributed by atoms with van der Waals surface area (Å²) in [7, 11) is 0. The van der Waals surface area contributed by atoms with Crippen LogP contribution < -0.4 is 5.32 Å². The van der Waals surface area contributed by atoms with Crippen molar-refractivity contribution in [1.29, 1.82) is 0 Å². The van der Waals surface area contributed by atoms with E-state index >= 15 is 0 Å². The van der Waals surface area contributed by atoms with Crippen LogP contribution in [0.1, 0.15) is 18.0 Å². The Hall–Kier alpha value is -0.680. The van der Waals surface area contributed by atoms with Gasteiger partial charge in [-0.15, -0.1) is 0 Å². The Bertz CT molecular complexity index is 330. The highest BCUT2D eigenvalue weighted by molar-refractivity contribution is 8.00. The molecule has 1 aromatic rings. The lowest BCUT2D eigenvalue weighted by Gasteiger charge is -2.28. The topological polar surface area (TPSA) is 12.0 Å². The fraction of sp³-hybridized carbons (Fsp3) is 0.400. The van der Waals surface area contributed by atoms with E-state index in [2.05, 4.69) is 5.32 Å². The third-order valence-corrected chi connectivity index (χ3v) is 3.08. The number of rotatable bonds is 2. The summed E-state index contributed by atoms with van der Waals surface area (Å²) in [6.45, 7) is 0.990. The zero-order valence-corrected chi connectivity index (χ0v) is 8.66. The van der Waals surface area contributed by atoms with Crippen LogP contribution >= 0.6 is 11.8 Å². The molecule has 1 unspecified atom stereocenters. The summed E-state index contributed by atoms with van der Waals surface area (Å²) >= 11 is -0.0736. The average Bonchev–Trinajstić information content (AvgIpc) is 2.02. The smallest absolute Gasteiger partial charge is 0.310 e. The maximum Gasteiger partial charge on any atom is 0.446 e. The summed E-state index contributed by atoms with van der Waals surface area (Å²) in [5.74, 6) is 0. The number of nitrogens with one attached hydrogen (secondary N) is 1. The van der Waals surface area contributed by atoms with Gasteiger partial charge in [0.1, 0.15) is 0 Å². The first-order valence-electron chi connectivity index (χ1n) is 4.64. The van der Waals surface area contributed by atoms with E-state index in [1.54, 1.807) is 12.1 Å². The van der Waals surface area contributed by atoms with E-state index in [1.807, 2.05) is 0 Å². The number of halogens is 3. The highest BCUT2D eigenvalue weighted by Gasteiger charge is 2.29. The van der Waals surface area contributed by atoms with E-state index in [0.29, 0.717) is 6.04 Å². The molecule has 2 rings (SSSR count). The molecule has 1 atom stereocenters. The number of thioether (sulfide) groups is 1. The van der Waals surface area contributed by atoms with Crippen LogP contribution in [0.25, 0.3) is 0 Å². The van der Waals surface area contributed by atoms with Crippen molar-refractivity contribution in [1.82, 2.24) is 5.32 Å². The van der Waals surface area contributed by atoms with Crippen LogP contribution in [0.15, 0.2) is 29.2 Å². The summed E-state index contributed by atoms with van der Waals surface area (Å²) in [5, 5.41) is 3.20. The lowest BCUT2D eigenvalue weighted by atomic mass is 9.98. The summed E-state index contributed by atoms with van der Waals surface area (Å²) < 4.78 is 36.1. The Balaban J connectivity index is 2.03. The second-order valence-electron chi connectivity index (χ2n) is 3.41. The van der Waals surface area contributed by atoms with Gasteiger partial charge in [0, 0.05) is 10.9 Å². The molecular formula is C10H10F3NS. The van der Waals surface area contributed by atoms with Gasteiger partial charge >= 0.3 is 5.51 Å². The van der Waals surface area contributed by atoms with Crippen LogP contribution in [0.4, 0.5) is 13.2 Å². The van der Waals surface area contributed by atoms with Crippen LogP contribution in [0.3, 0.4) is 0 Å². The Morgan fingerprint density at radius 2 is 1.80 bits per heavy atom. The summed E-state index contributed by atoms with van der Waals surface area (Å²) in [6.07, 6.45) is 1.06. The third-order valence-electron chi connectivity index (χ3n) is 2.34. The SMILES string of the molecule is FC(F)(F)Sc1ccc(C2CCN2)cc1. The van der Waals surface area contributed by atoms with Gasteiger partial charge in [0.2, 0.25) is 0 Å². The van der Waals surface area contributed by atoms with Gasteiger partial charge in [0.15, 0.2) is 0 Å². The van der Waals surface area contributed by atoms with Gasteiger partial charge in [-0.2, -0.15) is 13.2 Å². The van der Waals surface area contributed by atoms with Gasteiger partial charge < -0.3 is 5.32 Å². The van der Waals surface area contributed by atoms with Crippen molar-refractivity contribution < 1.29 is 13.2 Å². The number of alkyl halides is 3. The molecule has 1 heterocycles. The Labute approximate surface area is 90.1 Å². The molecule has 1 fully saturated rings. The van der Waals surface area contributed by atoms with Gasteiger partial charge in [-0.05, 0) is 42.4 Å². The van der Waals surface area contributed by atoms with Gasteiger partial charge in [-0.1, -0.05) is 12.1 Å². The molecule has 0 bridgehead atoms. The first kappa shape index (κ1) is 10.8. The first-order chi connectivity index (χ1) is 7.04. The number of hydrogen-bond donors (Lipinski definition) is 1. The van der Waals surface area contributed by atoms with E-state index in [9.17, 15) is 13.2 Å². The normalized spacial score (nSPS) is 21.1. The molecule has 0 spiro atoms. The predicted octanol–water partition coefficient (Wildman–Crippen LogP) is 3.33. The van der Waals surface area contributed by atoms with E-state index in [4.69, 9.17) is 0 Å². The molecule has 0 aromatic heterocycles. The molecule has 1 aliphatic rings. The van der Waals surface area contributed by atoms with Gasteiger partial charge in [0.25, 0.3) is 0 Å². The van der Waals surface area contributed by atoms with Gasteiger partial charge in [-0.3, -0.25) is 0 Å². The van der Waals surface area contributed by atoms with Gasteiger partial charge in [0.05, 0.1) is 0 Å². The lowest BCUT2D eigenvalue weighted by Crippen LogP contribution is -2.34. The lowest BCUT2D eigenvalue weighted by molar-refractivity contribution is -0.0328. The Morgan fingerprint density at radius 1 is 1.20 bits per heavy atom. The fourth-order valence-electron chi connectivity index (χ4n) is 1.48. The van der Waals surface area contributed by atoms with Crippen LogP contribution in [0.5, 0.6) is 0 Å². The molecule has 82 valence electrons. The van der Waals surface area contributed by atoms with Gasteiger partial charge in [-0.25, -0.2) is 0 Å². The predicted molar refractivity (Wildman–Crippen MR) is 53.7 cm³/mol. The largest absolute Gasteiger partial charge is 0.446 e. The minimum atomic E-state index is -4.20. The average molecular weight is 233 g/mol. The monoisotopic (exact) mass is 233 g/mol. The van der Waals surface area contributed by atoms with Crippen molar-refractivity contribution in [3.8, 4) is 0 Å². The standard InChI is InChI=1S/C10H10F3NS/c11-10(12,13)15-8-3-1-7(2-4-8)9-5-6-14-9/h1-4,9,14H,5-6H2. The van der Waals surface area contributed by atoms with Crippen molar-refractivity contribution in [2.24, 2.45) is 0 Å². The quantitative estimate of drug-likeness (QED) is 0.786. The minimum absolute atomic E-state index is 0.0736. The molecule has 0 amide bonds. The van der Waals surface area contributed by atoms with E-state index in [0.717, 1.165) is 18.5 Å². The van der Waals surface area contributed by atoms with Crippen molar-refractivity contribution in [2.75, 3.05) is 6.54 Å². The third kappa shape index (κ3) is 2.89. The van der Waals surface area contributed by atoms with Crippen molar-refractivity contribution in [3.05, 3.63) is 29.8 Å². The summed E-state index contributed by atoms with van der Waals surface area (Å²) in [6, 6.07) is 6.88. The molecule has 1 saturated heterocycles. The molecule has 0 radical (unpaired) electrons. The van der Waals surface area contributed by atoms with E-state index < -0.39 is 5.51 Å². The van der Waals surface area contributed by atoms with Crippen LogP contribution in [0.2, 0.25) is 0 Å². The van der Waals surface area contributed by atoms with Crippen molar-refractivity contribution in [3.63, 3.8) is 0 Å². The number of hydrogen-bond acceptors (Lipinski definition) is 2. The molecular weight excluding hydrogens is 223 g/mol. The molecule has 1 aromatic carbocycles. The van der Waals surface area contributed by atoms with E-state index in [1.165, 1.54) is 12.1 Å². The highest BCUT2D eigenvalue weighted by Crippen LogP contribution is 2.37. The molecule has 0 saturated carbocycles. The molecule has 1 N–H and O–H groups in total. The maximum atomic E-state index is 12.0. The van der Waals surface area contributed by atoms with Crippen molar-refractivity contribution in [2.45, 2.75) is 22.9 Å². The van der Waals surface area contributed by atoms with Crippen molar-refractivity contribution >= 4 is 11.8 Å². The van der Waals surface area contributed by atoms with Crippen LogP contribution in [0, 0.1) is 0 Å². The minimum Gasteiger partial charge on any atom is -0.310 e. The summed E-state index contributed by atoms with van der Waals surface area (Å²) in [5.41, 5.74) is -3.14. The summed E-state index contributed by atoms with van der Waals surface area (Å²) in [4.78, 5) is 0.241. The Morgan fingerprint density at radius 3 is 2.20 bits per heavy atom. The fourth-order valence-corrected chi connectivity index (χ4v) is 2.01. The molecule has 0 aliphatic carbocycles. The second-order valence-corrected chi connectivity index (χ2v) is 4.55. The zero-order chi connectivity index (χ0) is 10.9. The molecule has 1 aliphatic heterocycles. The zero-order valence-electron chi connectivity index (χ0n) is 7.84. The van der Waals surface area contributed by atoms with E-state index in [-0.39, 0.29) is 16.7 Å². The first-order valence-corrected chi connectivity index (χ1v) is 5.45. The molecule has 1 nitrogen and oxygen atoms in total. The maximum absolute atomic E-state index is 12.0. The Kier molecular flexibility index (Phi) is 2.93. The number of benzene rings is 1. The van der Waals surface area contributed by atoms with Crippen LogP contribution in [-0.2, 0) is 0 Å². The van der Waals surface area contributed by atoms with Crippen LogP contribution in [-0.4, -0.2) is 12.1 Å². The highest BCUT2D eigenvalue weighted by atomic mass is 32.2. The molecule has 15 heavy (non-hydrogen) atoms. The molecule has 5 heteroatoms.